The lowest BCUT2D eigenvalue weighted by atomic mass is 9.39. The molecule has 1 spiro atoms. The van der Waals surface area contributed by atoms with Crippen molar-refractivity contribution in [2.24, 2.45) is 33.5 Å². The molecule has 0 saturated heterocycles. The summed E-state index contributed by atoms with van der Waals surface area (Å²) >= 11 is 0. The van der Waals surface area contributed by atoms with Gasteiger partial charge in [0.15, 0.2) is 0 Å². The average Bonchev–Trinajstić information content (AvgIpc) is 2.83. The van der Waals surface area contributed by atoms with Gasteiger partial charge < -0.3 is 9.47 Å². The molecule has 7 nitrogen and oxygen atoms in total. The zero-order valence-electron chi connectivity index (χ0n) is 20.7. The Bertz CT molecular complexity index is 973. The number of hydrogen-bond acceptors (Lipinski definition) is 7. The predicted octanol–water partition coefficient (Wildman–Crippen LogP) is 4.01. The summed E-state index contributed by atoms with van der Waals surface area (Å²) in [6.45, 7) is 9.72. The quantitative estimate of drug-likeness (QED) is 0.332. The van der Waals surface area contributed by atoms with E-state index in [1.165, 1.54) is 13.8 Å². The van der Waals surface area contributed by atoms with Gasteiger partial charge in [-0.3, -0.25) is 13.8 Å². The topological polar surface area (TPSA) is 96.0 Å². The molecule has 3 fully saturated rings. The van der Waals surface area contributed by atoms with Crippen LogP contribution in [0.5, 0.6) is 0 Å². The maximum atomic E-state index is 12.4. The molecule has 0 aromatic carbocycles. The van der Waals surface area contributed by atoms with Crippen molar-refractivity contribution >= 4 is 22.1 Å². The lowest BCUT2D eigenvalue weighted by Crippen LogP contribution is -2.68. The van der Waals surface area contributed by atoms with E-state index in [-0.39, 0.29) is 34.6 Å². The molecule has 0 unspecified atom stereocenters. The Kier molecular flexibility index (Phi) is 5.84. The van der Waals surface area contributed by atoms with Crippen LogP contribution in [0.15, 0.2) is 12.2 Å². The van der Waals surface area contributed by atoms with E-state index < -0.39 is 33.2 Å². The standard InChI is InChI=1S/C25H38O7S/c1-16(26)30-15-23(4)9-7-10-24(5)18-8-11-22(3)12-13-25(18,21(22)32-33(6,28)29)20(14-19(23)24)31-17(2)27/h12-13,18-21H,7-11,14-15H2,1-6H3/t18-,19+,20-,21-,22+,23+,24-,25+/m0/s1. The number of carbonyl (C=O) groups is 2. The van der Waals surface area contributed by atoms with Gasteiger partial charge in [0.25, 0.3) is 10.1 Å². The summed E-state index contributed by atoms with van der Waals surface area (Å²) < 4.78 is 42.1. The van der Waals surface area contributed by atoms with Gasteiger partial charge in [-0.25, -0.2) is 0 Å². The van der Waals surface area contributed by atoms with E-state index in [9.17, 15) is 18.0 Å². The molecule has 0 aromatic rings. The molecule has 4 rings (SSSR count). The minimum absolute atomic E-state index is 0.0867. The zero-order chi connectivity index (χ0) is 24.4. The maximum Gasteiger partial charge on any atom is 0.302 e. The van der Waals surface area contributed by atoms with E-state index in [0.717, 1.165) is 38.4 Å². The van der Waals surface area contributed by atoms with Gasteiger partial charge in [-0.15, -0.1) is 0 Å². The van der Waals surface area contributed by atoms with Crippen molar-refractivity contribution < 1.29 is 31.7 Å². The molecule has 186 valence electrons. The number of ether oxygens (including phenoxy) is 2. The number of fused-ring (bicyclic) bond motifs is 3. The van der Waals surface area contributed by atoms with Gasteiger partial charge in [-0.2, -0.15) is 8.42 Å². The van der Waals surface area contributed by atoms with E-state index >= 15 is 0 Å². The molecule has 33 heavy (non-hydrogen) atoms. The molecule has 0 N–H and O–H groups in total. The Labute approximate surface area is 197 Å². The highest BCUT2D eigenvalue weighted by molar-refractivity contribution is 7.86. The van der Waals surface area contributed by atoms with Gasteiger partial charge >= 0.3 is 11.9 Å². The number of hydrogen-bond donors (Lipinski definition) is 0. The smallest absolute Gasteiger partial charge is 0.302 e. The second-order valence-electron chi connectivity index (χ2n) is 11.8. The monoisotopic (exact) mass is 482 g/mol. The minimum atomic E-state index is -3.72. The van der Waals surface area contributed by atoms with Gasteiger partial charge in [0, 0.05) is 24.7 Å². The van der Waals surface area contributed by atoms with Crippen molar-refractivity contribution in [3.63, 3.8) is 0 Å². The first kappa shape index (κ1) is 24.7. The summed E-state index contributed by atoms with van der Waals surface area (Å²) in [5, 5.41) is 0. The van der Waals surface area contributed by atoms with Crippen molar-refractivity contribution in [3.05, 3.63) is 12.2 Å². The first-order valence-corrected chi connectivity index (χ1v) is 13.9. The summed E-state index contributed by atoms with van der Waals surface area (Å²) in [6.07, 6.45) is 9.46. The van der Waals surface area contributed by atoms with Crippen molar-refractivity contribution in [1.82, 2.24) is 0 Å². The van der Waals surface area contributed by atoms with E-state index in [2.05, 4.69) is 32.9 Å². The first-order chi connectivity index (χ1) is 15.2. The summed E-state index contributed by atoms with van der Waals surface area (Å²) in [7, 11) is -3.72. The van der Waals surface area contributed by atoms with E-state index in [4.69, 9.17) is 13.7 Å². The Morgan fingerprint density at radius 3 is 2.30 bits per heavy atom. The van der Waals surface area contributed by atoms with Crippen LogP contribution in [-0.4, -0.2) is 45.4 Å². The van der Waals surface area contributed by atoms with Crippen molar-refractivity contribution in [2.75, 3.05) is 12.9 Å². The molecule has 4 aliphatic rings. The summed E-state index contributed by atoms with van der Waals surface area (Å²) in [5.41, 5.74) is -1.50. The molecule has 0 heterocycles. The third kappa shape index (κ3) is 3.85. The molecule has 0 aromatic heterocycles. The second-order valence-corrected chi connectivity index (χ2v) is 13.4. The van der Waals surface area contributed by atoms with Gasteiger partial charge in [0.2, 0.25) is 0 Å². The summed E-state index contributed by atoms with van der Waals surface area (Å²) in [6, 6.07) is 0. The fourth-order valence-corrected chi connectivity index (χ4v) is 9.00. The fraction of sp³-hybridized carbons (Fsp3) is 0.840. The highest BCUT2D eigenvalue weighted by Gasteiger charge is 2.72. The number of carbonyl (C=O) groups excluding carboxylic acids is 2. The molecule has 3 saturated carbocycles. The third-order valence-electron chi connectivity index (χ3n) is 9.47. The molecule has 8 heteroatoms. The van der Waals surface area contributed by atoms with Crippen molar-refractivity contribution in [2.45, 2.75) is 85.4 Å². The van der Waals surface area contributed by atoms with Crippen LogP contribution in [0.3, 0.4) is 0 Å². The molecule has 0 radical (unpaired) electrons. The van der Waals surface area contributed by atoms with Gasteiger partial charge in [-0.05, 0) is 49.4 Å². The molecule has 2 bridgehead atoms. The van der Waals surface area contributed by atoms with E-state index in [1.54, 1.807) is 0 Å². The Morgan fingerprint density at radius 1 is 1.00 bits per heavy atom. The Morgan fingerprint density at radius 2 is 1.70 bits per heavy atom. The molecule has 0 amide bonds. The SMILES string of the molecule is CC(=O)OC[C@@]1(C)CCC[C@]2(C)[C@@H]1C[C@H](OC(C)=O)[C@@]13C=C[C@@](C)(CC[C@@H]21)[C@@H]3OS(C)(=O)=O. The summed E-state index contributed by atoms with van der Waals surface area (Å²) in [5.74, 6) is -0.417. The van der Waals surface area contributed by atoms with E-state index in [0.29, 0.717) is 13.0 Å². The van der Waals surface area contributed by atoms with Crippen LogP contribution >= 0.6 is 0 Å². The van der Waals surface area contributed by atoms with Crippen LogP contribution in [0.4, 0.5) is 0 Å². The van der Waals surface area contributed by atoms with Crippen molar-refractivity contribution in [3.8, 4) is 0 Å². The van der Waals surface area contributed by atoms with E-state index in [1.807, 2.05) is 0 Å². The van der Waals surface area contributed by atoms with Crippen molar-refractivity contribution in [1.29, 1.82) is 0 Å². The Balaban J connectivity index is 1.83. The van der Waals surface area contributed by atoms with Crippen LogP contribution < -0.4 is 0 Å². The average molecular weight is 483 g/mol. The predicted molar refractivity (Wildman–Crippen MR) is 122 cm³/mol. The third-order valence-corrected chi connectivity index (χ3v) is 10.0. The first-order valence-electron chi connectivity index (χ1n) is 12.1. The lowest BCUT2D eigenvalue weighted by molar-refractivity contribution is -0.237. The second kappa shape index (κ2) is 7.80. The number of rotatable bonds is 5. The van der Waals surface area contributed by atoms with Gasteiger partial charge in [0.05, 0.1) is 24.4 Å². The van der Waals surface area contributed by atoms with Crippen LogP contribution in [-0.2, 0) is 33.4 Å². The molecular formula is C25H38O7S. The van der Waals surface area contributed by atoms with Crippen LogP contribution in [0.2, 0.25) is 0 Å². The van der Waals surface area contributed by atoms with Crippen LogP contribution in [0.25, 0.3) is 0 Å². The lowest BCUT2D eigenvalue weighted by Gasteiger charge is -2.67. The van der Waals surface area contributed by atoms with Gasteiger partial charge in [-0.1, -0.05) is 39.3 Å². The highest BCUT2D eigenvalue weighted by Crippen LogP contribution is 2.72. The maximum absolute atomic E-state index is 12.4. The zero-order valence-corrected chi connectivity index (χ0v) is 21.5. The molecular weight excluding hydrogens is 444 g/mol. The largest absolute Gasteiger partial charge is 0.465 e. The molecule has 4 aliphatic carbocycles. The van der Waals surface area contributed by atoms with Crippen LogP contribution in [0.1, 0.15) is 73.1 Å². The highest BCUT2D eigenvalue weighted by atomic mass is 32.2. The summed E-state index contributed by atoms with van der Waals surface area (Å²) in [4.78, 5) is 23.9. The molecule has 8 atom stereocenters. The van der Waals surface area contributed by atoms with Crippen LogP contribution in [0, 0.1) is 33.5 Å². The molecule has 0 aliphatic heterocycles. The minimum Gasteiger partial charge on any atom is -0.465 e. The fourth-order valence-electron chi connectivity index (χ4n) is 8.27. The number of esters is 2. The van der Waals surface area contributed by atoms with Gasteiger partial charge in [0.1, 0.15) is 6.10 Å². The Hall–Kier alpha value is -1.41. The normalized spacial score (nSPS) is 46.2.